The molecule has 1 N–H and O–H groups in total. The highest BCUT2D eigenvalue weighted by molar-refractivity contribution is 5.87. The number of fused-ring (bicyclic) bond motifs is 1. The molecule has 2 aliphatic carbocycles. The first-order valence-corrected chi connectivity index (χ1v) is 7.10. The van der Waals surface area contributed by atoms with Crippen LogP contribution in [0.15, 0.2) is 23.8 Å². The van der Waals surface area contributed by atoms with Gasteiger partial charge in [0.2, 0.25) is 0 Å². The molecule has 2 nitrogen and oxygen atoms in total. The maximum atomic E-state index is 11.3. The van der Waals surface area contributed by atoms with Gasteiger partial charge in [0.1, 0.15) is 0 Å². The molecule has 0 saturated heterocycles. The Hall–Kier alpha value is -1.05. The van der Waals surface area contributed by atoms with Gasteiger partial charge < -0.3 is 5.11 Å². The molecule has 2 aliphatic rings. The van der Waals surface area contributed by atoms with Gasteiger partial charge in [0, 0.05) is 5.57 Å². The predicted molar refractivity (Wildman–Crippen MR) is 73.3 cm³/mol. The van der Waals surface area contributed by atoms with Crippen LogP contribution in [0.3, 0.4) is 0 Å². The lowest BCUT2D eigenvalue weighted by Gasteiger charge is -2.42. The molecule has 0 aromatic rings. The van der Waals surface area contributed by atoms with E-state index in [4.69, 9.17) is 0 Å². The summed E-state index contributed by atoms with van der Waals surface area (Å²) in [4.78, 5) is 11.3. The molecular weight excluding hydrogens is 224 g/mol. The Bertz CT molecular complexity index is 377. The van der Waals surface area contributed by atoms with Crippen molar-refractivity contribution in [1.82, 2.24) is 0 Å². The summed E-state index contributed by atoms with van der Waals surface area (Å²) in [5, 5.41) is 9.27. The minimum Gasteiger partial charge on any atom is -0.478 e. The van der Waals surface area contributed by atoms with Crippen molar-refractivity contribution in [3.8, 4) is 0 Å². The van der Waals surface area contributed by atoms with Gasteiger partial charge in [0.25, 0.3) is 0 Å². The highest BCUT2D eigenvalue weighted by Gasteiger charge is 2.38. The zero-order chi connectivity index (χ0) is 13.2. The summed E-state index contributed by atoms with van der Waals surface area (Å²) < 4.78 is 0. The van der Waals surface area contributed by atoms with Crippen molar-refractivity contribution in [3.63, 3.8) is 0 Å². The first-order chi connectivity index (χ1) is 8.50. The molecule has 2 heteroatoms. The Morgan fingerprint density at radius 2 is 2.06 bits per heavy atom. The summed E-state index contributed by atoms with van der Waals surface area (Å²) in [6.45, 7) is 4.50. The van der Waals surface area contributed by atoms with E-state index in [1.54, 1.807) is 6.08 Å². The van der Waals surface area contributed by atoms with Gasteiger partial charge in [-0.15, -0.1) is 0 Å². The highest BCUT2D eigenvalue weighted by Crippen LogP contribution is 2.47. The SMILES string of the molecule is CC1(C)C/C(C(=O)O)=C\C=C/C[C@H]2CCCC[C@H]21. The van der Waals surface area contributed by atoms with Gasteiger partial charge >= 0.3 is 5.97 Å². The van der Waals surface area contributed by atoms with E-state index in [0.29, 0.717) is 17.9 Å². The largest absolute Gasteiger partial charge is 0.478 e. The molecule has 1 saturated carbocycles. The van der Waals surface area contributed by atoms with Crippen LogP contribution in [0.4, 0.5) is 0 Å². The van der Waals surface area contributed by atoms with Gasteiger partial charge in [-0.25, -0.2) is 4.79 Å². The standard InChI is InChI=1S/C16H24O2/c1-16(2)11-13(15(17)18)9-4-3-7-12-8-5-6-10-14(12)16/h3-4,9,12,14H,5-8,10-11H2,1-2H3,(H,17,18)/b4-3-,13-9+/t12-,14+/m0/s1. The summed E-state index contributed by atoms with van der Waals surface area (Å²) in [7, 11) is 0. The fraction of sp³-hybridized carbons (Fsp3) is 0.688. The third-order valence-corrected chi connectivity index (χ3v) is 4.71. The summed E-state index contributed by atoms with van der Waals surface area (Å²) >= 11 is 0. The highest BCUT2D eigenvalue weighted by atomic mass is 16.4. The Morgan fingerprint density at radius 1 is 1.33 bits per heavy atom. The summed E-state index contributed by atoms with van der Waals surface area (Å²) in [5.41, 5.74) is 0.656. The number of allylic oxidation sites excluding steroid dienone is 3. The summed E-state index contributed by atoms with van der Waals surface area (Å²) in [6, 6.07) is 0. The van der Waals surface area contributed by atoms with Crippen molar-refractivity contribution >= 4 is 5.97 Å². The molecule has 18 heavy (non-hydrogen) atoms. The minimum absolute atomic E-state index is 0.0985. The minimum atomic E-state index is -0.762. The average molecular weight is 248 g/mol. The third kappa shape index (κ3) is 2.85. The summed E-state index contributed by atoms with van der Waals surface area (Å²) in [6.07, 6.45) is 12.9. The lowest BCUT2D eigenvalue weighted by atomic mass is 9.63. The predicted octanol–water partition coefficient (Wildman–Crippen LogP) is 4.18. The number of carboxylic acid groups (broad SMARTS) is 1. The molecule has 100 valence electrons. The second kappa shape index (κ2) is 5.29. The maximum absolute atomic E-state index is 11.3. The second-order valence-electron chi connectivity index (χ2n) is 6.48. The number of carboxylic acids is 1. The van der Waals surface area contributed by atoms with E-state index in [-0.39, 0.29) is 5.41 Å². The van der Waals surface area contributed by atoms with E-state index in [1.165, 1.54) is 25.7 Å². The van der Waals surface area contributed by atoms with Crippen LogP contribution in [-0.2, 0) is 4.79 Å². The second-order valence-corrected chi connectivity index (χ2v) is 6.48. The van der Waals surface area contributed by atoms with Crippen molar-refractivity contribution in [3.05, 3.63) is 23.8 Å². The molecule has 0 aromatic heterocycles. The molecule has 0 unspecified atom stereocenters. The lowest BCUT2D eigenvalue weighted by molar-refractivity contribution is -0.133. The van der Waals surface area contributed by atoms with Crippen molar-refractivity contribution in [2.24, 2.45) is 17.3 Å². The summed E-state index contributed by atoms with van der Waals surface area (Å²) in [5.74, 6) is 0.644. The molecule has 2 rings (SSSR count). The van der Waals surface area contributed by atoms with Gasteiger partial charge in [0.05, 0.1) is 0 Å². The van der Waals surface area contributed by atoms with Crippen molar-refractivity contribution in [1.29, 1.82) is 0 Å². The van der Waals surface area contributed by atoms with Gasteiger partial charge in [0.15, 0.2) is 0 Å². The number of hydrogen-bond acceptors (Lipinski definition) is 1. The molecule has 0 radical (unpaired) electrons. The number of aliphatic carboxylic acids is 1. The molecule has 0 heterocycles. The van der Waals surface area contributed by atoms with Crippen molar-refractivity contribution in [2.75, 3.05) is 0 Å². The molecule has 1 fully saturated rings. The van der Waals surface area contributed by atoms with Gasteiger partial charge in [-0.2, -0.15) is 0 Å². The Balaban J connectivity index is 2.27. The van der Waals surface area contributed by atoms with Crippen LogP contribution in [-0.4, -0.2) is 11.1 Å². The quantitative estimate of drug-likeness (QED) is 0.755. The first kappa shape index (κ1) is 13.4. The monoisotopic (exact) mass is 248 g/mol. The van der Waals surface area contributed by atoms with Crippen molar-refractivity contribution < 1.29 is 9.90 Å². The molecule has 0 aromatic carbocycles. The number of rotatable bonds is 1. The van der Waals surface area contributed by atoms with Gasteiger partial charge in [-0.05, 0) is 42.9 Å². The van der Waals surface area contributed by atoms with Crippen LogP contribution in [0.5, 0.6) is 0 Å². The fourth-order valence-electron chi connectivity index (χ4n) is 3.78. The van der Waals surface area contributed by atoms with Crippen LogP contribution in [0.2, 0.25) is 0 Å². The van der Waals surface area contributed by atoms with E-state index >= 15 is 0 Å². The normalized spacial score (nSPS) is 36.2. The third-order valence-electron chi connectivity index (χ3n) is 4.71. The lowest BCUT2D eigenvalue weighted by Crippen LogP contribution is -2.33. The molecule has 2 atom stereocenters. The van der Waals surface area contributed by atoms with Crippen LogP contribution < -0.4 is 0 Å². The Kier molecular flexibility index (Phi) is 3.94. The molecular formula is C16H24O2. The van der Waals surface area contributed by atoms with E-state index < -0.39 is 5.97 Å². The smallest absolute Gasteiger partial charge is 0.331 e. The van der Waals surface area contributed by atoms with E-state index in [2.05, 4.69) is 19.9 Å². The van der Waals surface area contributed by atoms with E-state index in [1.807, 2.05) is 6.08 Å². The Morgan fingerprint density at radius 3 is 2.78 bits per heavy atom. The van der Waals surface area contributed by atoms with E-state index in [0.717, 1.165) is 12.3 Å². The van der Waals surface area contributed by atoms with Crippen molar-refractivity contribution in [2.45, 2.75) is 52.4 Å². The topological polar surface area (TPSA) is 37.3 Å². The van der Waals surface area contributed by atoms with Crippen LogP contribution in [0.25, 0.3) is 0 Å². The average Bonchev–Trinajstić information content (AvgIpc) is 2.38. The van der Waals surface area contributed by atoms with Crippen LogP contribution >= 0.6 is 0 Å². The fourth-order valence-corrected chi connectivity index (χ4v) is 3.78. The number of hydrogen-bond donors (Lipinski definition) is 1. The molecule has 0 aliphatic heterocycles. The zero-order valence-corrected chi connectivity index (χ0v) is 11.5. The van der Waals surface area contributed by atoms with Crippen LogP contribution in [0, 0.1) is 17.3 Å². The van der Waals surface area contributed by atoms with Gasteiger partial charge in [-0.1, -0.05) is 44.9 Å². The molecule has 0 amide bonds. The van der Waals surface area contributed by atoms with E-state index in [9.17, 15) is 9.90 Å². The van der Waals surface area contributed by atoms with Crippen LogP contribution in [0.1, 0.15) is 52.4 Å². The maximum Gasteiger partial charge on any atom is 0.331 e. The molecule has 0 bridgehead atoms. The number of carbonyl (C=O) groups is 1. The van der Waals surface area contributed by atoms with Gasteiger partial charge in [-0.3, -0.25) is 0 Å². The molecule has 0 spiro atoms. The Labute approximate surface area is 110 Å². The zero-order valence-electron chi connectivity index (χ0n) is 11.5. The first-order valence-electron chi connectivity index (χ1n) is 7.10.